The maximum absolute atomic E-state index is 12.2. The molecule has 1 rings (SSSR count). The van der Waals surface area contributed by atoms with Crippen LogP contribution in [0.15, 0.2) is 6.07 Å². The molecule has 1 unspecified atom stereocenters. The first kappa shape index (κ1) is 18.6. The lowest BCUT2D eigenvalue weighted by molar-refractivity contribution is -0.153. The molecule has 0 saturated carbocycles. The van der Waals surface area contributed by atoms with Gasteiger partial charge in [0.25, 0.3) is 0 Å². The van der Waals surface area contributed by atoms with E-state index in [1.165, 1.54) is 0 Å². The van der Waals surface area contributed by atoms with Gasteiger partial charge in [-0.25, -0.2) is 0 Å². The number of nitrogens with one attached hydrogen (secondary N) is 1. The minimum absolute atomic E-state index is 0.225. The molecule has 1 aromatic rings. The van der Waals surface area contributed by atoms with Gasteiger partial charge in [0.15, 0.2) is 11.7 Å². The summed E-state index contributed by atoms with van der Waals surface area (Å²) >= 11 is -0.105. The molecule has 0 spiro atoms. The Labute approximate surface area is 130 Å². The van der Waals surface area contributed by atoms with Crippen molar-refractivity contribution >= 4 is 22.7 Å². The molecule has 0 aliphatic rings. The standard InChI is InChI=1S/C13H20F3NO2S2/c1-8-6-10(9(2)17-21(18)12(3,4)5)20-11(8)19-7-13(14,15)16/h6,9,17H,7H2,1-5H3/t9-,21?/m1/s1. The molecule has 0 saturated heterocycles. The summed E-state index contributed by atoms with van der Waals surface area (Å²) in [4.78, 5) is 0.794. The van der Waals surface area contributed by atoms with Crippen molar-refractivity contribution in [2.75, 3.05) is 6.61 Å². The number of hydrogen-bond donors (Lipinski definition) is 1. The third-order valence-corrected chi connectivity index (χ3v) is 5.54. The third-order valence-electron chi connectivity index (χ3n) is 2.52. The Hall–Kier alpha value is -0.440. The molecule has 0 bridgehead atoms. The first-order valence-electron chi connectivity index (χ1n) is 6.38. The van der Waals surface area contributed by atoms with Gasteiger partial charge in [-0.1, -0.05) is 0 Å². The number of hydrogen-bond acceptors (Lipinski definition) is 4. The molecule has 0 amide bonds. The molecular weight excluding hydrogens is 323 g/mol. The van der Waals surface area contributed by atoms with Gasteiger partial charge in [-0.05, 0) is 40.7 Å². The number of rotatable bonds is 5. The summed E-state index contributed by atoms with van der Waals surface area (Å²) in [6.07, 6.45) is -4.35. The molecule has 3 nitrogen and oxygen atoms in total. The zero-order chi connectivity index (χ0) is 16.4. The minimum Gasteiger partial charge on any atom is -0.598 e. The van der Waals surface area contributed by atoms with Gasteiger partial charge in [-0.15, -0.1) is 16.1 Å². The van der Waals surface area contributed by atoms with Crippen LogP contribution in [0.5, 0.6) is 5.06 Å². The molecule has 21 heavy (non-hydrogen) atoms. The summed E-state index contributed by atoms with van der Waals surface area (Å²) in [5, 5.41) is 0.248. The van der Waals surface area contributed by atoms with E-state index >= 15 is 0 Å². The number of alkyl halides is 3. The predicted molar refractivity (Wildman–Crippen MR) is 80.1 cm³/mol. The van der Waals surface area contributed by atoms with E-state index in [-0.39, 0.29) is 11.1 Å². The van der Waals surface area contributed by atoms with Crippen molar-refractivity contribution in [2.45, 2.75) is 51.6 Å². The molecule has 2 atom stereocenters. The van der Waals surface area contributed by atoms with E-state index in [2.05, 4.69) is 4.72 Å². The Morgan fingerprint density at radius 1 is 1.38 bits per heavy atom. The lowest BCUT2D eigenvalue weighted by atomic mass is 10.2. The normalized spacial score (nSPS) is 15.9. The molecule has 0 fully saturated rings. The Kier molecular flexibility index (Phi) is 5.99. The predicted octanol–water partition coefficient (Wildman–Crippen LogP) is 4.11. The van der Waals surface area contributed by atoms with Crippen molar-refractivity contribution in [3.63, 3.8) is 0 Å². The van der Waals surface area contributed by atoms with Gasteiger partial charge in [0.05, 0.1) is 6.04 Å². The van der Waals surface area contributed by atoms with E-state index in [4.69, 9.17) is 4.74 Å². The summed E-state index contributed by atoms with van der Waals surface area (Å²) in [6, 6.07) is 1.53. The van der Waals surface area contributed by atoms with Gasteiger partial charge >= 0.3 is 6.18 Å². The van der Waals surface area contributed by atoms with E-state index < -0.39 is 28.9 Å². The quantitative estimate of drug-likeness (QED) is 0.818. The number of aryl methyl sites for hydroxylation is 1. The number of ether oxygens (including phenoxy) is 1. The Bertz CT molecular complexity index is 469. The van der Waals surface area contributed by atoms with Gasteiger partial charge in [0, 0.05) is 21.8 Å². The van der Waals surface area contributed by atoms with Gasteiger partial charge in [0.1, 0.15) is 4.75 Å². The van der Waals surface area contributed by atoms with Crippen molar-refractivity contribution in [1.82, 2.24) is 4.72 Å². The highest BCUT2D eigenvalue weighted by Crippen LogP contribution is 2.35. The maximum Gasteiger partial charge on any atom is 0.422 e. The van der Waals surface area contributed by atoms with E-state index in [1.807, 2.05) is 27.7 Å². The second-order valence-electron chi connectivity index (χ2n) is 5.74. The summed E-state index contributed by atoms with van der Waals surface area (Å²) < 4.78 is 55.9. The van der Waals surface area contributed by atoms with Crippen LogP contribution in [-0.4, -0.2) is 22.1 Å². The SMILES string of the molecule is Cc1cc([C@@H](C)N[S+]([O-])C(C)(C)C)sc1OCC(F)(F)F. The molecular formula is C13H20F3NO2S2. The van der Waals surface area contributed by atoms with E-state index in [0.717, 1.165) is 16.2 Å². The third kappa shape index (κ3) is 6.06. The Balaban J connectivity index is 2.72. The summed E-state index contributed by atoms with van der Waals surface area (Å²) in [6.45, 7) is 7.76. The van der Waals surface area contributed by atoms with Crippen LogP contribution in [-0.2, 0) is 11.4 Å². The number of thiophene rings is 1. The largest absolute Gasteiger partial charge is 0.598 e. The monoisotopic (exact) mass is 343 g/mol. The van der Waals surface area contributed by atoms with Gasteiger partial charge in [-0.3, -0.25) is 0 Å². The van der Waals surface area contributed by atoms with Crippen LogP contribution in [0.25, 0.3) is 0 Å². The fraction of sp³-hybridized carbons (Fsp3) is 0.692. The van der Waals surface area contributed by atoms with Crippen LogP contribution in [0.2, 0.25) is 0 Å². The highest BCUT2D eigenvalue weighted by atomic mass is 32.2. The Morgan fingerprint density at radius 2 is 1.95 bits per heavy atom. The highest BCUT2D eigenvalue weighted by molar-refractivity contribution is 7.90. The Morgan fingerprint density at radius 3 is 2.43 bits per heavy atom. The average molecular weight is 343 g/mol. The van der Waals surface area contributed by atoms with E-state index in [1.54, 1.807) is 13.0 Å². The van der Waals surface area contributed by atoms with E-state index in [9.17, 15) is 17.7 Å². The van der Waals surface area contributed by atoms with Gasteiger partial charge in [0.2, 0.25) is 0 Å². The number of halogens is 3. The highest BCUT2D eigenvalue weighted by Gasteiger charge is 2.31. The van der Waals surface area contributed by atoms with Crippen molar-refractivity contribution < 1.29 is 22.5 Å². The van der Waals surface area contributed by atoms with Crippen LogP contribution in [0.4, 0.5) is 13.2 Å². The van der Waals surface area contributed by atoms with Crippen molar-refractivity contribution in [1.29, 1.82) is 0 Å². The topological polar surface area (TPSA) is 44.3 Å². The van der Waals surface area contributed by atoms with Crippen LogP contribution < -0.4 is 9.46 Å². The van der Waals surface area contributed by atoms with Crippen molar-refractivity contribution in [2.24, 2.45) is 0 Å². The van der Waals surface area contributed by atoms with Gasteiger partial charge in [-0.2, -0.15) is 13.2 Å². The van der Waals surface area contributed by atoms with Crippen LogP contribution in [0.3, 0.4) is 0 Å². The smallest absolute Gasteiger partial charge is 0.422 e. The minimum atomic E-state index is -4.35. The second kappa shape index (κ2) is 6.76. The van der Waals surface area contributed by atoms with Crippen LogP contribution >= 0.6 is 11.3 Å². The molecule has 1 aromatic heterocycles. The first-order chi connectivity index (χ1) is 9.40. The van der Waals surface area contributed by atoms with Crippen LogP contribution in [0, 0.1) is 6.92 Å². The zero-order valence-electron chi connectivity index (χ0n) is 12.6. The molecule has 0 aliphatic carbocycles. The van der Waals surface area contributed by atoms with Gasteiger partial charge < -0.3 is 9.29 Å². The molecule has 0 aliphatic heterocycles. The summed E-state index contributed by atoms with van der Waals surface area (Å²) in [5.41, 5.74) is 0.648. The maximum atomic E-state index is 12.2. The zero-order valence-corrected chi connectivity index (χ0v) is 14.3. The molecule has 8 heteroatoms. The molecule has 1 N–H and O–H groups in total. The van der Waals surface area contributed by atoms with E-state index in [0.29, 0.717) is 5.56 Å². The molecule has 1 heterocycles. The average Bonchev–Trinajstić information content (AvgIpc) is 2.66. The fourth-order valence-corrected chi connectivity index (χ4v) is 3.29. The van der Waals surface area contributed by atoms with Crippen molar-refractivity contribution in [3.05, 3.63) is 16.5 Å². The summed E-state index contributed by atoms with van der Waals surface area (Å²) in [5.74, 6) is 0. The molecule has 0 aromatic carbocycles. The first-order valence-corrected chi connectivity index (χ1v) is 8.34. The lowest BCUT2D eigenvalue weighted by Gasteiger charge is -2.26. The molecule has 122 valence electrons. The lowest BCUT2D eigenvalue weighted by Crippen LogP contribution is -2.40. The molecule has 0 radical (unpaired) electrons. The fourth-order valence-electron chi connectivity index (χ4n) is 1.39. The van der Waals surface area contributed by atoms with Crippen LogP contribution in [0.1, 0.15) is 44.2 Å². The van der Waals surface area contributed by atoms with Crippen molar-refractivity contribution in [3.8, 4) is 5.06 Å². The summed E-state index contributed by atoms with van der Waals surface area (Å²) in [7, 11) is 0. The second-order valence-corrected chi connectivity index (χ2v) is 8.79.